The number of hydrogen-bond acceptors (Lipinski definition) is 9. The monoisotopic (exact) mass is 601 g/mol. The van der Waals surface area contributed by atoms with Crippen LogP contribution < -0.4 is 15.4 Å². The Hall–Kier alpha value is -4.33. The fourth-order valence-electron chi connectivity index (χ4n) is 5.58. The number of carbonyl (C=O) groups excluding carboxylic acids is 1. The Bertz CT molecular complexity index is 1700. The number of carbonyl (C=O) groups is 1. The molecule has 0 bridgehead atoms. The largest absolute Gasteiger partial charge is 0.496 e. The number of ether oxygens (including phenoxy) is 1. The number of ketones is 1. The van der Waals surface area contributed by atoms with Gasteiger partial charge in [-0.05, 0) is 41.7 Å². The van der Waals surface area contributed by atoms with Crippen molar-refractivity contribution in [1.29, 1.82) is 5.26 Å². The summed E-state index contributed by atoms with van der Waals surface area (Å²) in [6.45, 7) is 4.00. The number of nitrogens with two attached hydrogens (primary N) is 1. The van der Waals surface area contributed by atoms with Gasteiger partial charge in [-0.2, -0.15) is 5.26 Å². The zero-order valence-corrected chi connectivity index (χ0v) is 24.8. The van der Waals surface area contributed by atoms with Crippen molar-refractivity contribution in [3.8, 4) is 11.8 Å². The topological polar surface area (TPSA) is 135 Å². The van der Waals surface area contributed by atoms with Gasteiger partial charge in [0.15, 0.2) is 5.78 Å². The van der Waals surface area contributed by atoms with Crippen LogP contribution in [0.3, 0.4) is 0 Å². The molecule has 0 amide bonds. The van der Waals surface area contributed by atoms with E-state index in [4.69, 9.17) is 22.1 Å². The Morgan fingerprint density at radius 1 is 1.24 bits per heavy atom. The quantitative estimate of drug-likeness (QED) is 0.174. The van der Waals surface area contributed by atoms with Crippen molar-refractivity contribution in [2.75, 3.05) is 12.0 Å². The molecule has 1 aromatic heterocycles. The maximum absolute atomic E-state index is 13.9. The number of pyridine rings is 1. The lowest BCUT2D eigenvalue weighted by molar-refractivity contribution is -0.384. The SMILES string of the molecule is COc1ccc([C@@H]2C(C#N)=C(N)N(c3ccc([N+](=O)[O-])cc3Cl)C3=C2C(=O)CC(C)(C)C3)cc1CSc1ccccn1. The standard InChI is InChI=1S/C31H28ClN5O4S/c1-31(2)14-24-29(25(38)15-31)28(18-7-10-26(41-3)19(12-18)17-42-27-6-4-5-11-35-27)21(16-33)30(34)36(24)23-9-8-20(37(39)40)13-22(23)32/h4-13,28H,14-15,17,34H2,1-3H3/t28-/m1/s1. The van der Waals surface area contributed by atoms with Gasteiger partial charge < -0.3 is 10.5 Å². The molecule has 1 aliphatic heterocycles. The Labute approximate surface area is 252 Å². The molecule has 0 spiro atoms. The number of nitro groups is 1. The predicted molar refractivity (Wildman–Crippen MR) is 162 cm³/mol. The highest BCUT2D eigenvalue weighted by Crippen LogP contribution is 2.51. The minimum Gasteiger partial charge on any atom is -0.496 e. The second-order valence-electron chi connectivity index (χ2n) is 10.9. The third-order valence-electron chi connectivity index (χ3n) is 7.42. The summed E-state index contributed by atoms with van der Waals surface area (Å²) in [5.74, 6) is 0.570. The van der Waals surface area contributed by atoms with Gasteiger partial charge in [0.25, 0.3) is 5.69 Å². The molecule has 2 aliphatic rings. The predicted octanol–water partition coefficient (Wildman–Crippen LogP) is 6.88. The van der Waals surface area contributed by atoms with Crippen LogP contribution in [0.15, 0.2) is 88.5 Å². The molecule has 0 unspecified atom stereocenters. The number of halogens is 1. The fraction of sp³-hybridized carbons (Fsp3) is 0.258. The van der Waals surface area contributed by atoms with Crippen LogP contribution in [0, 0.1) is 26.9 Å². The molecular formula is C31H28ClN5O4S. The van der Waals surface area contributed by atoms with Crippen molar-refractivity contribution >= 4 is 40.5 Å². The maximum atomic E-state index is 13.9. The summed E-state index contributed by atoms with van der Waals surface area (Å²) in [5, 5.41) is 22.7. The minimum absolute atomic E-state index is 0.0869. The summed E-state index contributed by atoms with van der Waals surface area (Å²) in [4.78, 5) is 30.7. The van der Waals surface area contributed by atoms with Gasteiger partial charge in [-0.3, -0.25) is 19.8 Å². The molecule has 5 rings (SSSR count). The molecule has 42 heavy (non-hydrogen) atoms. The first-order valence-corrected chi connectivity index (χ1v) is 14.5. The van der Waals surface area contributed by atoms with Gasteiger partial charge in [-0.15, -0.1) is 11.8 Å². The number of thioether (sulfide) groups is 1. The molecule has 0 radical (unpaired) electrons. The van der Waals surface area contributed by atoms with Crippen molar-refractivity contribution in [3.05, 3.63) is 110 Å². The van der Waals surface area contributed by atoms with Crippen molar-refractivity contribution < 1.29 is 14.5 Å². The summed E-state index contributed by atoms with van der Waals surface area (Å²) in [5.41, 5.74) is 9.47. The number of non-ortho nitro benzene ring substituents is 1. The maximum Gasteiger partial charge on any atom is 0.271 e. The fourth-order valence-corrected chi connectivity index (χ4v) is 6.68. The van der Waals surface area contributed by atoms with Crippen molar-refractivity contribution in [3.63, 3.8) is 0 Å². The van der Waals surface area contributed by atoms with Gasteiger partial charge in [0.05, 0.1) is 45.3 Å². The minimum atomic E-state index is -0.703. The molecule has 9 nitrogen and oxygen atoms in total. The number of nitro benzene ring substituents is 1. The van der Waals surface area contributed by atoms with Crippen molar-refractivity contribution in [2.24, 2.45) is 11.1 Å². The van der Waals surface area contributed by atoms with Crippen LogP contribution in [0.4, 0.5) is 11.4 Å². The number of anilines is 1. The first-order chi connectivity index (χ1) is 20.0. The van der Waals surface area contributed by atoms with Gasteiger partial charge in [0, 0.05) is 47.3 Å². The Morgan fingerprint density at radius 3 is 2.67 bits per heavy atom. The first-order valence-electron chi connectivity index (χ1n) is 13.2. The van der Waals surface area contributed by atoms with Crippen molar-refractivity contribution in [2.45, 2.75) is 43.4 Å². The van der Waals surface area contributed by atoms with Crippen LogP contribution in [0.1, 0.15) is 43.7 Å². The Kier molecular flexibility index (Phi) is 7.99. The zero-order valence-electron chi connectivity index (χ0n) is 23.3. The Balaban J connectivity index is 1.66. The van der Waals surface area contributed by atoms with Gasteiger partial charge in [0.2, 0.25) is 0 Å². The number of allylic oxidation sites excluding steroid dienone is 3. The summed E-state index contributed by atoms with van der Waals surface area (Å²) >= 11 is 8.11. The lowest BCUT2D eigenvalue weighted by atomic mass is 9.68. The molecular weight excluding hydrogens is 574 g/mol. The smallest absolute Gasteiger partial charge is 0.271 e. The van der Waals surface area contributed by atoms with Crippen LogP contribution in [0.25, 0.3) is 0 Å². The van der Waals surface area contributed by atoms with E-state index in [0.717, 1.165) is 16.2 Å². The van der Waals surface area contributed by atoms with E-state index in [1.807, 2.05) is 50.2 Å². The van der Waals surface area contributed by atoms with Gasteiger partial charge >= 0.3 is 0 Å². The molecule has 0 saturated heterocycles. The van der Waals surface area contributed by atoms with Gasteiger partial charge in [-0.25, -0.2) is 4.98 Å². The van der Waals surface area contributed by atoms with Gasteiger partial charge in [0.1, 0.15) is 11.6 Å². The summed E-state index contributed by atoms with van der Waals surface area (Å²) in [7, 11) is 1.60. The second kappa shape index (κ2) is 11.5. The molecule has 214 valence electrons. The van der Waals surface area contributed by atoms with E-state index in [-0.39, 0.29) is 33.3 Å². The number of rotatable bonds is 7. The summed E-state index contributed by atoms with van der Waals surface area (Å²) < 4.78 is 5.63. The van der Waals surface area contributed by atoms with Crippen LogP contribution >= 0.6 is 23.4 Å². The average molecular weight is 602 g/mol. The number of hydrogen-bond donors (Lipinski definition) is 1. The third-order valence-corrected chi connectivity index (χ3v) is 8.71. The van der Waals surface area contributed by atoms with E-state index in [1.165, 1.54) is 18.2 Å². The van der Waals surface area contributed by atoms with Crippen LogP contribution in [0.5, 0.6) is 5.75 Å². The van der Waals surface area contributed by atoms with E-state index < -0.39 is 10.8 Å². The average Bonchev–Trinajstić information content (AvgIpc) is 2.95. The molecule has 2 heterocycles. The molecule has 11 heteroatoms. The molecule has 3 aromatic rings. The normalized spacial score (nSPS) is 18.0. The number of benzene rings is 2. The van der Waals surface area contributed by atoms with Crippen molar-refractivity contribution in [1.82, 2.24) is 4.98 Å². The molecule has 0 saturated carbocycles. The highest BCUT2D eigenvalue weighted by molar-refractivity contribution is 7.98. The Morgan fingerprint density at radius 2 is 2.02 bits per heavy atom. The zero-order chi connectivity index (χ0) is 30.2. The molecule has 0 fully saturated rings. The lowest BCUT2D eigenvalue weighted by Crippen LogP contribution is -2.42. The molecule has 1 atom stereocenters. The number of Topliss-reactive ketones (excluding diaryl/α,β-unsaturated/α-hetero) is 1. The van der Waals surface area contributed by atoms with E-state index in [9.17, 15) is 20.2 Å². The van der Waals surface area contributed by atoms with E-state index in [1.54, 1.807) is 30.0 Å². The molecule has 2 aromatic carbocycles. The second-order valence-corrected chi connectivity index (χ2v) is 12.3. The number of aromatic nitrogens is 1. The van der Waals surface area contributed by atoms with Crippen LogP contribution in [-0.4, -0.2) is 22.8 Å². The number of nitrogens with zero attached hydrogens (tertiary/aromatic N) is 4. The van der Waals surface area contributed by atoms with E-state index in [0.29, 0.717) is 41.3 Å². The number of methoxy groups -OCH3 is 1. The summed E-state index contributed by atoms with van der Waals surface area (Å²) in [6.07, 6.45) is 2.51. The highest BCUT2D eigenvalue weighted by Gasteiger charge is 2.45. The van der Waals surface area contributed by atoms with Crippen LogP contribution in [0.2, 0.25) is 5.02 Å². The molecule has 1 aliphatic carbocycles. The molecule has 2 N–H and O–H groups in total. The summed E-state index contributed by atoms with van der Waals surface area (Å²) in [6, 6.07) is 17.7. The number of nitriles is 1. The van der Waals surface area contributed by atoms with Gasteiger partial charge in [-0.1, -0.05) is 43.6 Å². The van der Waals surface area contributed by atoms with E-state index >= 15 is 0 Å². The van der Waals surface area contributed by atoms with E-state index in [2.05, 4.69) is 11.1 Å². The lowest BCUT2D eigenvalue weighted by Gasteiger charge is -2.44. The third kappa shape index (κ3) is 5.45. The highest BCUT2D eigenvalue weighted by atomic mass is 35.5. The first kappa shape index (κ1) is 29.2. The van der Waals surface area contributed by atoms with Crippen LogP contribution in [-0.2, 0) is 10.5 Å².